The lowest BCUT2D eigenvalue weighted by Gasteiger charge is -2.06. The Morgan fingerprint density at radius 1 is 1.16 bits per heavy atom. The van der Waals surface area contributed by atoms with E-state index in [2.05, 4.69) is 10.9 Å². The van der Waals surface area contributed by atoms with Gasteiger partial charge in [0.05, 0.1) is 4.88 Å². The molecule has 2 rings (SSSR count). The van der Waals surface area contributed by atoms with Crippen LogP contribution in [0.3, 0.4) is 0 Å². The van der Waals surface area contributed by atoms with E-state index < -0.39 is 17.6 Å². The molecule has 0 saturated heterocycles. The monoisotopic (exact) mass is 278 g/mol. The largest absolute Gasteiger partial charge is 0.279 e. The predicted octanol–water partition coefficient (Wildman–Crippen LogP) is 2.27. The molecule has 0 aliphatic rings. The van der Waals surface area contributed by atoms with Gasteiger partial charge in [0.15, 0.2) is 0 Å². The number of carbonyl (C=O) groups excluding carboxylic acids is 2. The molecule has 0 radical (unpaired) electrons. The van der Waals surface area contributed by atoms with E-state index in [0.717, 1.165) is 6.07 Å². The highest BCUT2D eigenvalue weighted by molar-refractivity contribution is 7.12. The highest BCUT2D eigenvalue weighted by atomic mass is 32.1. The molecule has 1 aromatic heterocycles. The number of rotatable bonds is 2. The standard InChI is InChI=1S/C13H11FN2O2S/c1-8-4-5-9(7-10(8)14)12(17)15-16-13(18)11-3-2-6-19-11/h2-7H,1H3,(H,15,17)(H,16,18). The first-order chi connectivity index (χ1) is 9.08. The third kappa shape index (κ3) is 3.17. The van der Waals surface area contributed by atoms with Crippen LogP contribution in [0, 0.1) is 12.7 Å². The van der Waals surface area contributed by atoms with Crippen LogP contribution in [-0.2, 0) is 0 Å². The summed E-state index contributed by atoms with van der Waals surface area (Å²) in [4.78, 5) is 23.7. The number of hydrogen-bond donors (Lipinski definition) is 2. The smallest absolute Gasteiger partial charge is 0.267 e. The van der Waals surface area contributed by atoms with Gasteiger partial charge in [0.25, 0.3) is 11.8 Å². The Hall–Kier alpha value is -2.21. The van der Waals surface area contributed by atoms with Gasteiger partial charge in [0.2, 0.25) is 0 Å². The first-order valence-electron chi connectivity index (χ1n) is 5.48. The first kappa shape index (κ1) is 13.2. The molecule has 1 heterocycles. The molecule has 6 heteroatoms. The van der Waals surface area contributed by atoms with Crippen molar-refractivity contribution >= 4 is 23.2 Å². The van der Waals surface area contributed by atoms with E-state index in [1.807, 2.05) is 0 Å². The highest BCUT2D eigenvalue weighted by Crippen LogP contribution is 2.09. The number of carbonyl (C=O) groups is 2. The van der Waals surface area contributed by atoms with E-state index in [1.165, 1.54) is 23.5 Å². The number of halogens is 1. The first-order valence-corrected chi connectivity index (χ1v) is 6.36. The van der Waals surface area contributed by atoms with Crippen molar-refractivity contribution in [2.24, 2.45) is 0 Å². The second-order valence-electron chi connectivity index (χ2n) is 3.85. The van der Waals surface area contributed by atoms with Gasteiger partial charge in [-0.3, -0.25) is 20.4 Å². The minimum atomic E-state index is -0.566. The molecular formula is C13H11FN2O2S. The Morgan fingerprint density at radius 2 is 1.89 bits per heavy atom. The van der Waals surface area contributed by atoms with Gasteiger partial charge in [0, 0.05) is 5.56 Å². The van der Waals surface area contributed by atoms with Crippen LogP contribution in [0.5, 0.6) is 0 Å². The summed E-state index contributed by atoms with van der Waals surface area (Å²) >= 11 is 1.26. The summed E-state index contributed by atoms with van der Waals surface area (Å²) in [6.45, 7) is 1.61. The summed E-state index contributed by atoms with van der Waals surface area (Å²) < 4.78 is 13.3. The minimum Gasteiger partial charge on any atom is -0.267 e. The van der Waals surface area contributed by atoms with E-state index in [-0.39, 0.29) is 5.56 Å². The van der Waals surface area contributed by atoms with Crippen LogP contribution < -0.4 is 10.9 Å². The molecule has 1 aromatic carbocycles. The van der Waals surface area contributed by atoms with E-state index >= 15 is 0 Å². The third-order valence-corrected chi connectivity index (χ3v) is 3.34. The van der Waals surface area contributed by atoms with Gasteiger partial charge in [-0.25, -0.2) is 4.39 Å². The number of amides is 2. The van der Waals surface area contributed by atoms with Crippen molar-refractivity contribution in [3.8, 4) is 0 Å². The lowest BCUT2D eigenvalue weighted by molar-refractivity contribution is 0.0848. The summed E-state index contributed by atoms with van der Waals surface area (Å²) in [7, 11) is 0. The molecule has 2 aromatic rings. The van der Waals surface area contributed by atoms with Crippen molar-refractivity contribution in [3.05, 3.63) is 57.5 Å². The normalized spacial score (nSPS) is 10.0. The molecule has 0 spiro atoms. The van der Waals surface area contributed by atoms with E-state index in [4.69, 9.17) is 0 Å². The SMILES string of the molecule is Cc1ccc(C(=O)NNC(=O)c2cccs2)cc1F. The molecule has 0 saturated carbocycles. The second kappa shape index (κ2) is 5.62. The van der Waals surface area contributed by atoms with Gasteiger partial charge in [0.1, 0.15) is 5.82 Å². The predicted molar refractivity (Wildman–Crippen MR) is 70.4 cm³/mol. The van der Waals surface area contributed by atoms with Gasteiger partial charge in [-0.05, 0) is 36.1 Å². The van der Waals surface area contributed by atoms with Crippen molar-refractivity contribution in [3.63, 3.8) is 0 Å². The average molecular weight is 278 g/mol. The molecule has 0 aliphatic carbocycles. The second-order valence-corrected chi connectivity index (χ2v) is 4.80. The van der Waals surface area contributed by atoms with Crippen LogP contribution in [0.1, 0.15) is 25.6 Å². The molecule has 0 atom stereocenters. The zero-order valence-corrected chi connectivity index (χ0v) is 10.9. The summed E-state index contributed by atoms with van der Waals surface area (Å²) in [5.41, 5.74) is 5.11. The molecule has 0 fully saturated rings. The highest BCUT2D eigenvalue weighted by Gasteiger charge is 2.10. The number of aryl methyl sites for hydroxylation is 1. The average Bonchev–Trinajstić information content (AvgIpc) is 2.92. The molecule has 0 unspecified atom stereocenters. The van der Waals surface area contributed by atoms with E-state index in [0.29, 0.717) is 10.4 Å². The van der Waals surface area contributed by atoms with Gasteiger partial charge in [-0.1, -0.05) is 12.1 Å². The molecular weight excluding hydrogens is 267 g/mol. The lowest BCUT2D eigenvalue weighted by Crippen LogP contribution is -2.41. The van der Waals surface area contributed by atoms with Crippen molar-refractivity contribution in [2.75, 3.05) is 0 Å². The minimum absolute atomic E-state index is 0.148. The van der Waals surface area contributed by atoms with Crippen molar-refractivity contribution in [2.45, 2.75) is 6.92 Å². The van der Waals surface area contributed by atoms with Crippen molar-refractivity contribution < 1.29 is 14.0 Å². The van der Waals surface area contributed by atoms with E-state index in [1.54, 1.807) is 24.4 Å². The maximum Gasteiger partial charge on any atom is 0.279 e. The maximum atomic E-state index is 13.3. The van der Waals surface area contributed by atoms with Gasteiger partial charge < -0.3 is 0 Å². The molecule has 2 amide bonds. The molecule has 0 aliphatic heterocycles. The van der Waals surface area contributed by atoms with Gasteiger partial charge in [-0.2, -0.15) is 0 Å². The summed E-state index contributed by atoms with van der Waals surface area (Å²) in [5.74, 6) is -1.43. The fourth-order valence-corrected chi connectivity index (χ4v) is 2.01. The zero-order valence-electron chi connectivity index (χ0n) is 10.1. The summed E-state index contributed by atoms with van der Waals surface area (Å²) in [6.07, 6.45) is 0. The van der Waals surface area contributed by atoms with Crippen LogP contribution in [-0.4, -0.2) is 11.8 Å². The number of nitrogens with one attached hydrogen (secondary N) is 2. The van der Waals surface area contributed by atoms with Crippen LogP contribution in [0.4, 0.5) is 4.39 Å². The zero-order chi connectivity index (χ0) is 13.8. The van der Waals surface area contributed by atoms with Gasteiger partial charge in [-0.15, -0.1) is 11.3 Å². The fraction of sp³-hybridized carbons (Fsp3) is 0.0769. The number of thiophene rings is 1. The van der Waals surface area contributed by atoms with Crippen LogP contribution >= 0.6 is 11.3 Å². The molecule has 0 bridgehead atoms. The van der Waals surface area contributed by atoms with Crippen LogP contribution in [0.15, 0.2) is 35.7 Å². The molecule has 19 heavy (non-hydrogen) atoms. The molecule has 98 valence electrons. The van der Waals surface area contributed by atoms with E-state index in [9.17, 15) is 14.0 Å². The van der Waals surface area contributed by atoms with Crippen molar-refractivity contribution in [1.29, 1.82) is 0 Å². The molecule has 4 nitrogen and oxygen atoms in total. The fourth-order valence-electron chi connectivity index (χ4n) is 1.39. The third-order valence-electron chi connectivity index (χ3n) is 2.47. The summed E-state index contributed by atoms with van der Waals surface area (Å²) in [5, 5.41) is 1.76. The Balaban J connectivity index is 1.98. The Bertz CT molecular complexity index is 611. The topological polar surface area (TPSA) is 58.2 Å². The quantitative estimate of drug-likeness (QED) is 0.828. The Labute approximate surface area is 113 Å². The number of hydrogen-bond acceptors (Lipinski definition) is 3. The van der Waals surface area contributed by atoms with Crippen LogP contribution in [0.25, 0.3) is 0 Å². The van der Waals surface area contributed by atoms with Crippen LogP contribution in [0.2, 0.25) is 0 Å². The Kier molecular flexibility index (Phi) is 3.91. The lowest BCUT2D eigenvalue weighted by atomic mass is 10.1. The maximum absolute atomic E-state index is 13.3. The summed E-state index contributed by atoms with van der Waals surface area (Å²) in [6, 6.07) is 7.49. The number of hydrazine groups is 1. The Morgan fingerprint density at radius 3 is 2.53 bits per heavy atom. The molecule has 2 N–H and O–H groups in total. The van der Waals surface area contributed by atoms with Gasteiger partial charge >= 0.3 is 0 Å². The van der Waals surface area contributed by atoms with Crippen molar-refractivity contribution in [1.82, 2.24) is 10.9 Å². The number of benzene rings is 1.